The first kappa shape index (κ1) is 14.3. The van der Waals surface area contributed by atoms with Gasteiger partial charge in [0.05, 0.1) is 20.3 Å². The van der Waals surface area contributed by atoms with Crippen LogP contribution in [-0.4, -0.2) is 24.4 Å². The van der Waals surface area contributed by atoms with Gasteiger partial charge in [0.15, 0.2) is 0 Å². The van der Waals surface area contributed by atoms with Gasteiger partial charge < -0.3 is 19.7 Å². The Bertz CT molecular complexity index is 559. The molecule has 1 heterocycles. The Morgan fingerprint density at radius 1 is 1.10 bits per heavy atom. The van der Waals surface area contributed by atoms with Gasteiger partial charge in [0.2, 0.25) is 11.7 Å². The fraction of sp³-hybridized carbons (Fsp3) is 0.429. The summed E-state index contributed by atoms with van der Waals surface area (Å²) in [6, 6.07) is 5.14. The van der Waals surface area contributed by atoms with Crippen molar-refractivity contribution in [3.8, 4) is 22.9 Å². The molecule has 0 saturated carbocycles. The zero-order valence-electron chi connectivity index (χ0n) is 12.1. The van der Waals surface area contributed by atoms with Crippen LogP contribution in [0.4, 0.5) is 0 Å². The van der Waals surface area contributed by atoms with E-state index in [0.29, 0.717) is 23.2 Å². The molecule has 2 rings (SSSR count). The highest BCUT2D eigenvalue weighted by Crippen LogP contribution is 2.29. The number of ether oxygens (including phenoxy) is 2. The summed E-state index contributed by atoms with van der Waals surface area (Å²) in [4.78, 5) is 4.34. The first-order chi connectivity index (χ1) is 9.55. The number of methoxy groups -OCH3 is 2. The molecule has 0 saturated heterocycles. The minimum absolute atomic E-state index is 0.225. The monoisotopic (exact) mass is 277 g/mol. The van der Waals surface area contributed by atoms with Gasteiger partial charge in [-0.3, -0.25) is 0 Å². The number of benzene rings is 1. The standard InChI is InChI=1S/C14H19N3O3/c1-8(2)12(15)14-16-13(17-20-14)9-5-10(18-3)7-11(6-9)19-4/h5-8,12H,15H2,1-4H3/t12-/m0/s1. The van der Waals surface area contributed by atoms with Crippen LogP contribution in [0.2, 0.25) is 0 Å². The molecule has 0 aliphatic rings. The van der Waals surface area contributed by atoms with Crippen molar-refractivity contribution in [1.82, 2.24) is 10.1 Å². The van der Waals surface area contributed by atoms with Crippen LogP contribution in [0.25, 0.3) is 11.4 Å². The smallest absolute Gasteiger partial charge is 0.244 e. The second-order valence-corrected chi connectivity index (χ2v) is 4.83. The van der Waals surface area contributed by atoms with Crippen LogP contribution in [0, 0.1) is 5.92 Å². The summed E-state index contributed by atoms with van der Waals surface area (Å²) >= 11 is 0. The van der Waals surface area contributed by atoms with Crippen LogP contribution >= 0.6 is 0 Å². The number of hydrogen-bond donors (Lipinski definition) is 1. The lowest BCUT2D eigenvalue weighted by molar-refractivity contribution is 0.325. The van der Waals surface area contributed by atoms with Crippen LogP contribution in [0.5, 0.6) is 11.5 Å². The third kappa shape index (κ3) is 2.91. The maximum atomic E-state index is 6.00. The van der Waals surface area contributed by atoms with Crippen molar-refractivity contribution in [3.05, 3.63) is 24.1 Å². The number of rotatable bonds is 5. The largest absolute Gasteiger partial charge is 0.497 e. The summed E-state index contributed by atoms with van der Waals surface area (Å²) in [7, 11) is 3.18. The molecule has 0 unspecified atom stereocenters. The lowest BCUT2D eigenvalue weighted by Gasteiger charge is -2.09. The highest BCUT2D eigenvalue weighted by atomic mass is 16.5. The topological polar surface area (TPSA) is 83.4 Å². The highest BCUT2D eigenvalue weighted by Gasteiger charge is 2.19. The highest BCUT2D eigenvalue weighted by molar-refractivity contribution is 5.60. The number of hydrogen-bond acceptors (Lipinski definition) is 6. The molecule has 2 N–H and O–H groups in total. The Hall–Kier alpha value is -2.08. The summed E-state index contributed by atoms with van der Waals surface area (Å²) < 4.78 is 15.7. The predicted molar refractivity (Wildman–Crippen MR) is 74.6 cm³/mol. The Morgan fingerprint density at radius 3 is 2.20 bits per heavy atom. The van der Waals surface area contributed by atoms with Crippen LogP contribution in [0.15, 0.2) is 22.7 Å². The quantitative estimate of drug-likeness (QED) is 0.903. The Kier molecular flexibility index (Phi) is 4.24. The minimum Gasteiger partial charge on any atom is -0.497 e. The van der Waals surface area contributed by atoms with Crippen molar-refractivity contribution in [2.24, 2.45) is 11.7 Å². The Morgan fingerprint density at radius 2 is 1.70 bits per heavy atom. The normalized spacial score (nSPS) is 12.5. The van der Waals surface area contributed by atoms with E-state index < -0.39 is 0 Å². The molecule has 0 aliphatic heterocycles. The van der Waals surface area contributed by atoms with E-state index in [2.05, 4.69) is 10.1 Å². The van der Waals surface area contributed by atoms with Gasteiger partial charge in [0.1, 0.15) is 11.5 Å². The lowest BCUT2D eigenvalue weighted by Crippen LogP contribution is -2.16. The van der Waals surface area contributed by atoms with Gasteiger partial charge in [-0.15, -0.1) is 0 Å². The first-order valence-electron chi connectivity index (χ1n) is 6.37. The van der Waals surface area contributed by atoms with Crippen molar-refractivity contribution in [2.45, 2.75) is 19.9 Å². The van der Waals surface area contributed by atoms with E-state index in [4.69, 9.17) is 19.7 Å². The predicted octanol–water partition coefficient (Wildman–Crippen LogP) is 2.41. The third-order valence-electron chi connectivity index (χ3n) is 3.05. The maximum Gasteiger partial charge on any atom is 0.244 e. The third-order valence-corrected chi connectivity index (χ3v) is 3.05. The molecule has 0 aliphatic carbocycles. The molecular weight excluding hydrogens is 258 g/mol. The van der Waals surface area contributed by atoms with E-state index >= 15 is 0 Å². The minimum atomic E-state index is -0.274. The maximum absolute atomic E-state index is 6.00. The molecule has 6 nitrogen and oxygen atoms in total. The zero-order valence-corrected chi connectivity index (χ0v) is 12.1. The van der Waals surface area contributed by atoms with Crippen molar-refractivity contribution >= 4 is 0 Å². The van der Waals surface area contributed by atoms with E-state index in [-0.39, 0.29) is 12.0 Å². The molecule has 0 radical (unpaired) electrons. The van der Waals surface area contributed by atoms with Gasteiger partial charge in [-0.05, 0) is 18.1 Å². The van der Waals surface area contributed by atoms with Gasteiger partial charge in [0, 0.05) is 11.6 Å². The molecule has 2 aromatic rings. The SMILES string of the molecule is COc1cc(OC)cc(-c2noc([C@@H](N)C(C)C)n2)c1. The molecule has 0 amide bonds. The molecular formula is C14H19N3O3. The van der Waals surface area contributed by atoms with E-state index in [0.717, 1.165) is 5.56 Å². The second kappa shape index (κ2) is 5.92. The van der Waals surface area contributed by atoms with Crippen LogP contribution < -0.4 is 15.2 Å². The van der Waals surface area contributed by atoms with E-state index in [1.807, 2.05) is 26.0 Å². The molecule has 0 fully saturated rings. The van der Waals surface area contributed by atoms with Gasteiger partial charge in [-0.1, -0.05) is 19.0 Å². The first-order valence-corrected chi connectivity index (χ1v) is 6.37. The molecule has 108 valence electrons. The van der Waals surface area contributed by atoms with Gasteiger partial charge >= 0.3 is 0 Å². The fourth-order valence-electron chi connectivity index (χ4n) is 1.71. The number of aromatic nitrogens is 2. The molecule has 6 heteroatoms. The van der Waals surface area contributed by atoms with E-state index in [1.165, 1.54) is 0 Å². The summed E-state index contributed by atoms with van der Waals surface area (Å²) in [5.41, 5.74) is 6.75. The van der Waals surface area contributed by atoms with Gasteiger partial charge in [-0.25, -0.2) is 0 Å². The molecule has 1 aromatic carbocycles. The van der Waals surface area contributed by atoms with Crippen LogP contribution in [-0.2, 0) is 0 Å². The van der Waals surface area contributed by atoms with Gasteiger partial charge in [0.25, 0.3) is 0 Å². The van der Waals surface area contributed by atoms with Gasteiger partial charge in [-0.2, -0.15) is 4.98 Å². The number of nitrogens with two attached hydrogens (primary N) is 1. The average molecular weight is 277 g/mol. The van der Waals surface area contributed by atoms with Crippen LogP contribution in [0.3, 0.4) is 0 Å². The van der Waals surface area contributed by atoms with E-state index in [1.54, 1.807) is 20.3 Å². The van der Waals surface area contributed by atoms with Crippen molar-refractivity contribution in [2.75, 3.05) is 14.2 Å². The van der Waals surface area contributed by atoms with Crippen molar-refractivity contribution in [1.29, 1.82) is 0 Å². The average Bonchev–Trinajstić information content (AvgIpc) is 2.95. The Labute approximate surface area is 117 Å². The summed E-state index contributed by atoms with van der Waals surface area (Å²) in [6.45, 7) is 4.01. The zero-order chi connectivity index (χ0) is 14.7. The molecule has 1 atom stereocenters. The lowest BCUT2D eigenvalue weighted by atomic mass is 10.1. The summed E-state index contributed by atoms with van der Waals surface area (Å²) in [5, 5.41) is 3.96. The fourth-order valence-corrected chi connectivity index (χ4v) is 1.71. The van der Waals surface area contributed by atoms with E-state index in [9.17, 15) is 0 Å². The Balaban J connectivity index is 2.36. The molecule has 1 aromatic heterocycles. The summed E-state index contributed by atoms with van der Waals surface area (Å²) in [6.07, 6.45) is 0. The van der Waals surface area contributed by atoms with Crippen molar-refractivity contribution in [3.63, 3.8) is 0 Å². The summed E-state index contributed by atoms with van der Waals surface area (Å²) in [5.74, 6) is 2.45. The molecule has 20 heavy (non-hydrogen) atoms. The molecule has 0 spiro atoms. The van der Waals surface area contributed by atoms with Crippen LogP contribution in [0.1, 0.15) is 25.8 Å². The number of nitrogens with zero attached hydrogens (tertiary/aromatic N) is 2. The van der Waals surface area contributed by atoms with Crippen molar-refractivity contribution < 1.29 is 14.0 Å². The molecule has 0 bridgehead atoms. The second-order valence-electron chi connectivity index (χ2n) is 4.83.